The van der Waals surface area contributed by atoms with Crippen molar-refractivity contribution in [2.75, 3.05) is 0 Å². The second-order valence-electron chi connectivity index (χ2n) is 4.47. The molecule has 0 fully saturated rings. The standard InChI is InChI=1S/C15H13BrN2O/c1-18-13-5-3-2-4-12(13)17-15(18)14(19)10-6-8-11(16)9-7-10/h2-9,14,19H,1H3/t14-/m1/s1. The van der Waals surface area contributed by atoms with Gasteiger partial charge in [0.05, 0.1) is 11.0 Å². The van der Waals surface area contributed by atoms with E-state index in [9.17, 15) is 5.11 Å². The highest BCUT2D eigenvalue weighted by atomic mass is 79.9. The lowest BCUT2D eigenvalue weighted by Crippen LogP contribution is -2.07. The molecule has 1 atom stereocenters. The third-order valence-corrected chi connectivity index (χ3v) is 3.78. The van der Waals surface area contributed by atoms with Crippen LogP contribution in [0.4, 0.5) is 0 Å². The van der Waals surface area contributed by atoms with E-state index < -0.39 is 6.10 Å². The van der Waals surface area contributed by atoms with Crippen molar-refractivity contribution >= 4 is 27.0 Å². The molecule has 0 saturated carbocycles. The van der Waals surface area contributed by atoms with Gasteiger partial charge in [0.1, 0.15) is 11.9 Å². The molecule has 0 aliphatic rings. The average Bonchev–Trinajstić information content (AvgIpc) is 2.77. The van der Waals surface area contributed by atoms with Gasteiger partial charge >= 0.3 is 0 Å². The number of halogens is 1. The van der Waals surface area contributed by atoms with E-state index in [1.807, 2.05) is 60.1 Å². The van der Waals surface area contributed by atoms with E-state index in [0.29, 0.717) is 5.82 Å². The zero-order valence-electron chi connectivity index (χ0n) is 10.4. The first-order valence-electron chi connectivity index (χ1n) is 6.01. The maximum Gasteiger partial charge on any atom is 0.143 e. The van der Waals surface area contributed by atoms with Gasteiger partial charge in [-0.1, -0.05) is 40.2 Å². The molecule has 2 aromatic carbocycles. The van der Waals surface area contributed by atoms with Crippen LogP contribution in [0, 0.1) is 0 Å². The predicted octanol–water partition coefficient (Wildman–Crippen LogP) is 3.42. The molecule has 0 bridgehead atoms. The lowest BCUT2D eigenvalue weighted by molar-refractivity contribution is 0.207. The number of imidazole rings is 1. The van der Waals surface area contributed by atoms with Gasteiger partial charge in [0.15, 0.2) is 0 Å². The highest BCUT2D eigenvalue weighted by Crippen LogP contribution is 2.25. The number of aliphatic hydroxyl groups is 1. The number of aryl methyl sites for hydroxylation is 1. The zero-order valence-corrected chi connectivity index (χ0v) is 12.0. The number of aromatic nitrogens is 2. The van der Waals surface area contributed by atoms with E-state index in [2.05, 4.69) is 20.9 Å². The molecule has 1 aromatic heterocycles. The van der Waals surface area contributed by atoms with Crippen molar-refractivity contribution < 1.29 is 5.11 Å². The molecule has 4 heteroatoms. The number of rotatable bonds is 2. The maximum atomic E-state index is 10.5. The fourth-order valence-electron chi connectivity index (χ4n) is 2.20. The summed E-state index contributed by atoms with van der Waals surface area (Å²) >= 11 is 3.39. The summed E-state index contributed by atoms with van der Waals surface area (Å²) in [6.07, 6.45) is -0.717. The van der Waals surface area contributed by atoms with Gasteiger partial charge in [0.25, 0.3) is 0 Å². The lowest BCUT2D eigenvalue weighted by Gasteiger charge is -2.11. The first kappa shape index (κ1) is 12.4. The van der Waals surface area contributed by atoms with Gasteiger partial charge in [-0.3, -0.25) is 0 Å². The molecule has 0 radical (unpaired) electrons. The Morgan fingerprint density at radius 3 is 2.47 bits per heavy atom. The molecule has 0 aliphatic carbocycles. The monoisotopic (exact) mass is 316 g/mol. The normalized spacial score (nSPS) is 12.8. The van der Waals surface area contributed by atoms with Gasteiger partial charge in [-0.2, -0.15) is 0 Å². The van der Waals surface area contributed by atoms with Crippen molar-refractivity contribution in [1.82, 2.24) is 9.55 Å². The number of hydrogen-bond donors (Lipinski definition) is 1. The van der Waals surface area contributed by atoms with Crippen molar-refractivity contribution in [3.63, 3.8) is 0 Å². The molecule has 1 N–H and O–H groups in total. The van der Waals surface area contributed by atoms with Crippen molar-refractivity contribution in [2.45, 2.75) is 6.10 Å². The summed E-state index contributed by atoms with van der Waals surface area (Å²) in [5, 5.41) is 10.5. The average molecular weight is 317 g/mol. The lowest BCUT2D eigenvalue weighted by atomic mass is 10.1. The third kappa shape index (κ3) is 2.17. The van der Waals surface area contributed by atoms with Gasteiger partial charge in [0, 0.05) is 11.5 Å². The molecule has 96 valence electrons. The SMILES string of the molecule is Cn1c([C@H](O)c2ccc(Br)cc2)nc2ccccc21. The fraction of sp³-hybridized carbons (Fsp3) is 0.133. The molecule has 0 aliphatic heterocycles. The molecule has 0 saturated heterocycles. The highest BCUT2D eigenvalue weighted by Gasteiger charge is 2.17. The minimum atomic E-state index is -0.717. The highest BCUT2D eigenvalue weighted by molar-refractivity contribution is 9.10. The van der Waals surface area contributed by atoms with Crippen molar-refractivity contribution in [3.8, 4) is 0 Å². The molecule has 0 spiro atoms. The summed E-state index contributed by atoms with van der Waals surface area (Å²) in [5.41, 5.74) is 2.76. The van der Waals surface area contributed by atoms with Crippen LogP contribution < -0.4 is 0 Å². The molecule has 0 unspecified atom stereocenters. The van der Waals surface area contributed by atoms with Crippen molar-refractivity contribution in [1.29, 1.82) is 0 Å². The minimum absolute atomic E-state index is 0.656. The van der Waals surface area contributed by atoms with E-state index in [4.69, 9.17) is 0 Å². The van der Waals surface area contributed by atoms with Crippen molar-refractivity contribution in [3.05, 3.63) is 64.4 Å². The molecule has 3 nitrogen and oxygen atoms in total. The molecular weight excluding hydrogens is 304 g/mol. The molecule has 3 rings (SSSR count). The smallest absolute Gasteiger partial charge is 0.143 e. The topological polar surface area (TPSA) is 38.0 Å². The van der Waals surface area contributed by atoms with Crippen LogP contribution in [-0.4, -0.2) is 14.7 Å². The molecule has 3 aromatic rings. The zero-order chi connectivity index (χ0) is 13.4. The number of benzene rings is 2. The Kier molecular flexibility index (Phi) is 3.12. The first-order chi connectivity index (χ1) is 9.16. The number of fused-ring (bicyclic) bond motifs is 1. The van der Waals surface area contributed by atoms with Crippen LogP contribution in [0.1, 0.15) is 17.5 Å². The summed E-state index contributed by atoms with van der Waals surface area (Å²) in [6, 6.07) is 15.5. The number of hydrogen-bond acceptors (Lipinski definition) is 2. The number of aliphatic hydroxyl groups excluding tert-OH is 1. The fourth-order valence-corrected chi connectivity index (χ4v) is 2.47. The van der Waals surface area contributed by atoms with Gasteiger partial charge in [0.2, 0.25) is 0 Å². The van der Waals surface area contributed by atoms with Crippen LogP contribution in [0.15, 0.2) is 53.0 Å². The van der Waals surface area contributed by atoms with E-state index >= 15 is 0 Å². The van der Waals surface area contributed by atoms with Gasteiger partial charge in [-0.05, 0) is 29.8 Å². The Bertz CT molecular complexity index is 719. The van der Waals surface area contributed by atoms with Crippen LogP contribution in [0.5, 0.6) is 0 Å². The van der Waals surface area contributed by atoms with Crippen LogP contribution in [-0.2, 0) is 7.05 Å². The Balaban J connectivity index is 2.08. The Hall–Kier alpha value is -1.65. The second kappa shape index (κ2) is 4.79. The molecule has 0 amide bonds. The summed E-state index contributed by atoms with van der Waals surface area (Å²) in [4.78, 5) is 4.51. The molecular formula is C15H13BrN2O. The van der Waals surface area contributed by atoms with Gasteiger partial charge < -0.3 is 9.67 Å². The predicted molar refractivity (Wildman–Crippen MR) is 78.9 cm³/mol. The third-order valence-electron chi connectivity index (χ3n) is 3.25. The maximum absolute atomic E-state index is 10.5. The summed E-state index contributed by atoms with van der Waals surface area (Å²) in [6.45, 7) is 0. The Labute approximate surface area is 119 Å². The van der Waals surface area contributed by atoms with Gasteiger partial charge in [-0.25, -0.2) is 4.98 Å². The largest absolute Gasteiger partial charge is 0.380 e. The minimum Gasteiger partial charge on any atom is -0.380 e. The quantitative estimate of drug-likeness (QED) is 0.786. The van der Waals surface area contributed by atoms with Gasteiger partial charge in [-0.15, -0.1) is 0 Å². The van der Waals surface area contributed by atoms with Crippen molar-refractivity contribution in [2.24, 2.45) is 7.05 Å². The molecule has 1 heterocycles. The van der Waals surface area contributed by atoms with Crippen LogP contribution >= 0.6 is 15.9 Å². The van der Waals surface area contributed by atoms with Crippen LogP contribution in [0.2, 0.25) is 0 Å². The summed E-state index contributed by atoms with van der Waals surface area (Å²) in [7, 11) is 1.92. The Morgan fingerprint density at radius 1 is 1.11 bits per heavy atom. The Morgan fingerprint density at radius 2 is 1.79 bits per heavy atom. The van der Waals surface area contributed by atoms with E-state index in [1.54, 1.807) is 0 Å². The van der Waals surface area contributed by atoms with E-state index in [0.717, 1.165) is 21.1 Å². The second-order valence-corrected chi connectivity index (χ2v) is 5.39. The van der Waals surface area contributed by atoms with E-state index in [-0.39, 0.29) is 0 Å². The van der Waals surface area contributed by atoms with Crippen LogP contribution in [0.25, 0.3) is 11.0 Å². The van der Waals surface area contributed by atoms with Crippen LogP contribution in [0.3, 0.4) is 0 Å². The summed E-state index contributed by atoms with van der Waals surface area (Å²) in [5.74, 6) is 0.656. The number of nitrogens with zero attached hydrogens (tertiary/aromatic N) is 2. The van der Waals surface area contributed by atoms with E-state index in [1.165, 1.54) is 0 Å². The summed E-state index contributed by atoms with van der Waals surface area (Å²) < 4.78 is 2.93. The first-order valence-corrected chi connectivity index (χ1v) is 6.81. The number of para-hydroxylation sites is 2. The molecule has 19 heavy (non-hydrogen) atoms.